The summed E-state index contributed by atoms with van der Waals surface area (Å²) in [5, 5.41) is 30.8. The Balaban J connectivity index is 1.67. The largest absolute Gasteiger partial charge is 0.389 e. The summed E-state index contributed by atoms with van der Waals surface area (Å²) in [6.07, 6.45) is 10.2. The van der Waals surface area contributed by atoms with Crippen LogP contribution in [0.15, 0.2) is 12.2 Å². The fraction of sp³-hybridized carbons (Fsp3) is 0.857. The van der Waals surface area contributed by atoms with E-state index in [0.717, 1.165) is 38.5 Å². The summed E-state index contributed by atoms with van der Waals surface area (Å²) in [5.74, 6) is 1.55. The zero-order chi connectivity index (χ0) is 18.0. The molecule has 0 heterocycles. The third kappa shape index (κ3) is 2.20. The van der Waals surface area contributed by atoms with Crippen molar-refractivity contribution in [2.24, 2.45) is 34.5 Å². The number of hydrogen-bond donors (Lipinski definition) is 3. The lowest BCUT2D eigenvalue weighted by molar-refractivity contribution is -0.169. The number of rotatable bonds is 2. The van der Waals surface area contributed by atoms with Gasteiger partial charge < -0.3 is 15.3 Å². The van der Waals surface area contributed by atoms with E-state index in [9.17, 15) is 20.1 Å². The quantitative estimate of drug-likeness (QED) is 0.670. The van der Waals surface area contributed by atoms with Crippen molar-refractivity contribution in [3.8, 4) is 0 Å². The monoisotopic (exact) mass is 348 g/mol. The van der Waals surface area contributed by atoms with E-state index in [2.05, 4.69) is 19.9 Å². The van der Waals surface area contributed by atoms with Crippen LogP contribution in [0, 0.1) is 34.5 Å². The van der Waals surface area contributed by atoms with Crippen molar-refractivity contribution in [3.05, 3.63) is 12.2 Å². The molecule has 0 aromatic heterocycles. The van der Waals surface area contributed by atoms with E-state index >= 15 is 0 Å². The number of aliphatic hydroxyl groups excluding tert-OH is 2. The van der Waals surface area contributed by atoms with Crippen LogP contribution >= 0.6 is 0 Å². The molecule has 0 spiro atoms. The van der Waals surface area contributed by atoms with Crippen LogP contribution in [0.1, 0.15) is 58.8 Å². The molecule has 0 saturated heterocycles. The van der Waals surface area contributed by atoms with E-state index in [4.69, 9.17) is 0 Å². The topological polar surface area (TPSA) is 77.8 Å². The van der Waals surface area contributed by atoms with Crippen molar-refractivity contribution >= 4 is 5.78 Å². The zero-order valence-electron chi connectivity index (χ0n) is 15.4. The van der Waals surface area contributed by atoms with Crippen molar-refractivity contribution < 1.29 is 20.1 Å². The molecule has 25 heavy (non-hydrogen) atoms. The Morgan fingerprint density at radius 2 is 1.80 bits per heavy atom. The fourth-order valence-corrected chi connectivity index (χ4v) is 7.49. The highest BCUT2D eigenvalue weighted by Gasteiger charge is 2.66. The van der Waals surface area contributed by atoms with Crippen LogP contribution in [0.3, 0.4) is 0 Å². The van der Waals surface area contributed by atoms with Crippen LogP contribution in [-0.4, -0.2) is 39.4 Å². The van der Waals surface area contributed by atoms with Crippen LogP contribution in [0.2, 0.25) is 0 Å². The van der Waals surface area contributed by atoms with Crippen molar-refractivity contribution in [2.75, 3.05) is 6.61 Å². The zero-order valence-corrected chi connectivity index (χ0v) is 15.4. The molecule has 0 amide bonds. The van der Waals surface area contributed by atoms with Crippen LogP contribution in [0.25, 0.3) is 0 Å². The molecule has 2 unspecified atom stereocenters. The third-order valence-corrected chi connectivity index (χ3v) is 8.91. The van der Waals surface area contributed by atoms with Gasteiger partial charge in [-0.2, -0.15) is 0 Å². The second kappa shape index (κ2) is 5.64. The molecule has 4 nitrogen and oxygen atoms in total. The van der Waals surface area contributed by atoms with E-state index in [0.29, 0.717) is 30.1 Å². The van der Waals surface area contributed by atoms with Crippen molar-refractivity contribution in [3.63, 3.8) is 0 Å². The third-order valence-electron chi connectivity index (χ3n) is 8.91. The molecule has 0 aliphatic heterocycles. The number of Topliss-reactive ketones (excluding diaryl/α,β-unsaturated/α-hetero) is 1. The maximum absolute atomic E-state index is 12.3. The van der Waals surface area contributed by atoms with E-state index < -0.39 is 23.4 Å². The predicted molar refractivity (Wildman–Crippen MR) is 94.7 cm³/mol. The lowest BCUT2D eigenvalue weighted by Crippen LogP contribution is -2.59. The number of allylic oxidation sites excluding steroid dienone is 1. The van der Waals surface area contributed by atoms with Gasteiger partial charge in [0, 0.05) is 5.41 Å². The van der Waals surface area contributed by atoms with Crippen molar-refractivity contribution in [2.45, 2.75) is 70.5 Å². The summed E-state index contributed by atoms with van der Waals surface area (Å²) < 4.78 is 0. The van der Waals surface area contributed by atoms with Gasteiger partial charge in [-0.25, -0.2) is 0 Å². The standard InChI is InChI=1S/C21H32O4/c1-19-11-14(23)5-3-13(19)4-6-15-16(19)7-9-20(2)17(15)8-10-21(20,25)18(24)12-22/h3,5,13-17,22-23,25H,4,6-12H2,1-2H3/t13?,14?,15-,16+,17+,19+,20+,21+/m1/s1. The highest BCUT2D eigenvalue weighted by molar-refractivity contribution is 5.89. The van der Waals surface area contributed by atoms with Gasteiger partial charge in [0.15, 0.2) is 5.78 Å². The van der Waals surface area contributed by atoms with Crippen molar-refractivity contribution in [1.29, 1.82) is 0 Å². The molecule has 0 radical (unpaired) electrons. The lowest BCUT2D eigenvalue weighted by atomic mass is 9.45. The van der Waals surface area contributed by atoms with Gasteiger partial charge in [0.2, 0.25) is 0 Å². The van der Waals surface area contributed by atoms with Crippen LogP contribution < -0.4 is 0 Å². The molecule has 3 saturated carbocycles. The number of carbonyl (C=O) groups excluding carboxylic acids is 1. The molecular formula is C21H32O4. The SMILES string of the molecule is C[C@]12CC(O)C=CC1CC[C@@H]1[C@@H]2CC[C@@]2(C)[C@H]1CC[C@]2(O)C(=O)CO. The first-order valence-electron chi connectivity index (χ1n) is 9.99. The molecule has 4 aliphatic rings. The minimum absolute atomic E-state index is 0.125. The molecule has 3 fully saturated rings. The van der Waals surface area contributed by atoms with E-state index in [1.807, 2.05) is 6.08 Å². The molecule has 0 aromatic rings. The van der Waals surface area contributed by atoms with Gasteiger partial charge >= 0.3 is 0 Å². The summed E-state index contributed by atoms with van der Waals surface area (Å²) in [6, 6.07) is 0. The van der Waals surface area contributed by atoms with Gasteiger partial charge in [0.05, 0.1) is 6.10 Å². The highest BCUT2D eigenvalue weighted by Crippen LogP contribution is 2.67. The summed E-state index contributed by atoms with van der Waals surface area (Å²) in [7, 11) is 0. The molecule has 0 bridgehead atoms. The average Bonchev–Trinajstić information content (AvgIpc) is 2.86. The van der Waals surface area contributed by atoms with Gasteiger partial charge in [0.1, 0.15) is 12.2 Å². The molecule has 4 heteroatoms. The lowest BCUT2D eigenvalue weighted by Gasteiger charge is -2.60. The van der Waals surface area contributed by atoms with Crippen LogP contribution in [-0.2, 0) is 4.79 Å². The number of hydrogen-bond acceptors (Lipinski definition) is 4. The van der Waals surface area contributed by atoms with E-state index in [-0.39, 0.29) is 11.5 Å². The second-order valence-corrected chi connectivity index (χ2v) is 9.66. The Hall–Kier alpha value is -0.710. The molecule has 4 rings (SSSR count). The first-order valence-corrected chi connectivity index (χ1v) is 9.99. The van der Waals surface area contributed by atoms with Gasteiger partial charge in [-0.15, -0.1) is 0 Å². The molecule has 140 valence electrons. The Labute approximate surface area is 150 Å². The smallest absolute Gasteiger partial charge is 0.190 e. The minimum Gasteiger partial charge on any atom is -0.389 e. The van der Waals surface area contributed by atoms with Crippen LogP contribution in [0.4, 0.5) is 0 Å². The normalized spacial score (nSPS) is 54.5. The molecule has 3 N–H and O–H groups in total. The average molecular weight is 348 g/mol. The molecule has 0 aromatic carbocycles. The Bertz CT molecular complexity index is 601. The fourth-order valence-electron chi connectivity index (χ4n) is 7.49. The van der Waals surface area contributed by atoms with E-state index in [1.165, 1.54) is 0 Å². The Morgan fingerprint density at radius 3 is 2.52 bits per heavy atom. The first kappa shape index (κ1) is 17.7. The van der Waals surface area contributed by atoms with Crippen LogP contribution in [0.5, 0.6) is 0 Å². The Morgan fingerprint density at radius 1 is 1.08 bits per heavy atom. The van der Waals surface area contributed by atoms with Gasteiger partial charge in [-0.1, -0.05) is 26.0 Å². The highest BCUT2D eigenvalue weighted by atomic mass is 16.3. The van der Waals surface area contributed by atoms with Gasteiger partial charge in [-0.05, 0) is 74.0 Å². The summed E-state index contributed by atoms with van der Waals surface area (Å²) in [5.41, 5.74) is -1.65. The summed E-state index contributed by atoms with van der Waals surface area (Å²) >= 11 is 0. The first-order chi connectivity index (χ1) is 11.8. The minimum atomic E-state index is -1.36. The number of ketones is 1. The predicted octanol–water partition coefficient (Wildman–Crippen LogP) is 2.46. The number of fused-ring (bicyclic) bond motifs is 5. The summed E-state index contributed by atoms with van der Waals surface area (Å²) in [4.78, 5) is 12.3. The second-order valence-electron chi connectivity index (χ2n) is 9.66. The maximum Gasteiger partial charge on any atom is 0.190 e. The number of aliphatic hydroxyl groups is 3. The molecular weight excluding hydrogens is 316 g/mol. The van der Waals surface area contributed by atoms with Gasteiger partial charge in [-0.3, -0.25) is 4.79 Å². The molecule has 4 aliphatic carbocycles. The van der Waals surface area contributed by atoms with Gasteiger partial charge in [0.25, 0.3) is 0 Å². The molecule has 8 atom stereocenters. The van der Waals surface area contributed by atoms with E-state index in [1.54, 1.807) is 0 Å². The maximum atomic E-state index is 12.3. The number of carbonyl (C=O) groups is 1. The van der Waals surface area contributed by atoms with Crippen molar-refractivity contribution in [1.82, 2.24) is 0 Å². The summed E-state index contributed by atoms with van der Waals surface area (Å²) in [6.45, 7) is 3.87. The Kier molecular flexibility index (Phi) is 3.99.